The van der Waals surface area contributed by atoms with Crippen molar-refractivity contribution >= 4 is 27.5 Å². The van der Waals surface area contributed by atoms with Crippen LogP contribution in [-0.2, 0) is 0 Å². The van der Waals surface area contributed by atoms with E-state index in [1.165, 1.54) is 0 Å². The van der Waals surface area contributed by atoms with E-state index in [1.807, 2.05) is 12.1 Å². The first-order valence-electron chi connectivity index (χ1n) is 6.07. The Balaban J connectivity index is 2.36. The van der Waals surface area contributed by atoms with Crippen LogP contribution in [0, 0.1) is 0 Å². The van der Waals surface area contributed by atoms with Gasteiger partial charge in [0.15, 0.2) is 0 Å². The number of benzene rings is 1. The zero-order valence-corrected chi connectivity index (χ0v) is 12.2. The van der Waals surface area contributed by atoms with Gasteiger partial charge in [-0.25, -0.2) is 0 Å². The minimum Gasteiger partial charge on any atom is -0.368 e. The molecule has 1 aromatic rings. The van der Waals surface area contributed by atoms with Crippen LogP contribution < -0.4 is 16.0 Å². The first kappa shape index (κ1) is 13.4. The molecule has 1 aromatic carbocycles. The summed E-state index contributed by atoms with van der Waals surface area (Å²) in [6.07, 6.45) is 0. The molecular weight excluding hydrogens is 294 g/mol. The predicted octanol–water partition coefficient (Wildman–Crippen LogP) is 1.73. The summed E-state index contributed by atoms with van der Waals surface area (Å²) in [5, 5.41) is 3.47. The van der Waals surface area contributed by atoms with Gasteiger partial charge in [-0.1, -0.05) is 15.9 Å². The Hall–Kier alpha value is -1.07. The van der Waals surface area contributed by atoms with E-state index in [4.69, 9.17) is 5.73 Å². The summed E-state index contributed by atoms with van der Waals surface area (Å²) < 4.78 is 0.960. The zero-order chi connectivity index (χ0) is 13.3. The number of rotatable bonds is 2. The average molecular weight is 312 g/mol. The number of nitrogens with one attached hydrogen (secondary N) is 1. The van der Waals surface area contributed by atoms with Crippen molar-refractivity contribution in [3.8, 4) is 0 Å². The van der Waals surface area contributed by atoms with Gasteiger partial charge in [0.2, 0.25) is 0 Å². The molecule has 4 nitrogen and oxygen atoms in total. The van der Waals surface area contributed by atoms with Gasteiger partial charge in [0.1, 0.15) is 0 Å². The molecular formula is C13H18BrN3O. The van der Waals surface area contributed by atoms with E-state index >= 15 is 0 Å². The van der Waals surface area contributed by atoms with Crippen molar-refractivity contribution in [2.45, 2.75) is 25.9 Å². The number of nitrogens with two attached hydrogens (primary N) is 1. The van der Waals surface area contributed by atoms with Crippen LogP contribution in [0.4, 0.5) is 5.69 Å². The van der Waals surface area contributed by atoms with E-state index < -0.39 is 0 Å². The van der Waals surface area contributed by atoms with E-state index in [9.17, 15) is 4.79 Å². The lowest BCUT2D eigenvalue weighted by atomic mass is 10.1. The van der Waals surface area contributed by atoms with E-state index in [0.717, 1.165) is 23.2 Å². The van der Waals surface area contributed by atoms with Crippen molar-refractivity contribution in [3.63, 3.8) is 0 Å². The Bertz CT molecular complexity index is 454. The summed E-state index contributed by atoms with van der Waals surface area (Å²) in [6.45, 7) is 6.04. The van der Waals surface area contributed by atoms with Crippen molar-refractivity contribution in [1.82, 2.24) is 5.32 Å². The van der Waals surface area contributed by atoms with E-state index in [1.54, 1.807) is 6.07 Å². The monoisotopic (exact) mass is 311 g/mol. The lowest BCUT2D eigenvalue weighted by molar-refractivity contribution is 0.100. The highest BCUT2D eigenvalue weighted by molar-refractivity contribution is 9.10. The van der Waals surface area contributed by atoms with Crippen molar-refractivity contribution in [2.75, 3.05) is 18.0 Å². The number of hydrogen-bond donors (Lipinski definition) is 2. The Labute approximate surface area is 116 Å². The number of amides is 1. The third kappa shape index (κ3) is 2.84. The van der Waals surface area contributed by atoms with Crippen molar-refractivity contribution < 1.29 is 4.79 Å². The lowest BCUT2D eigenvalue weighted by Crippen LogP contribution is -2.54. The number of carbonyl (C=O) groups excluding carboxylic acids is 1. The van der Waals surface area contributed by atoms with Crippen molar-refractivity contribution in [2.24, 2.45) is 5.73 Å². The van der Waals surface area contributed by atoms with Crippen LogP contribution in [0.1, 0.15) is 24.2 Å². The maximum Gasteiger partial charge on any atom is 0.250 e. The maximum atomic E-state index is 11.5. The lowest BCUT2D eigenvalue weighted by Gasteiger charge is -2.38. The summed E-state index contributed by atoms with van der Waals surface area (Å²) >= 11 is 3.45. The average Bonchev–Trinajstić information content (AvgIpc) is 2.27. The van der Waals surface area contributed by atoms with E-state index in [0.29, 0.717) is 17.6 Å². The summed E-state index contributed by atoms with van der Waals surface area (Å²) in [6, 6.07) is 6.38. The first-order valence-corrected chi connectivity index (χ1v) is 6.87. The van der Waals surface area contributed by atoms with Gasteiger partial charge in [0.05, 0.1) is 11.3 Å². The van der Waals surface area contributed by atoms with Crippen LogP contribution in [0.15, 0.2) is 22.7 Å². The minimum atomic E-state index is -0.378. The molecule has 0 spiro atoms. The second-order valence-corrected chi connectivity index (χ2v) is 5.82. The summed E-state index contributed by atoms with van der Waals surface area (Å²) in [5.41, 5.74) is 6.94. The van der Waals surface area contributed by atoms with Gasteiger partial charge in [-0.3, -0.25) is 4.79 Å². The number of anilines is 1. The number of nitrogens with zero attached hydrogens (tertiary/aromatic N) is 1. The third-order valence-corrected chi connectivity index (χ3v) is 3.62. The second kappa shape index (κ2) is 5.28. The molecule has 2 unspecified atom stereocenters. The van der Waals surface area contributed by atoms with Gasteiger partial charge >= 0.3 is 0 Å². The first-order chi connectivity index (χ1) is 8.47. The summed E-state index contributed by atoms with van der Waals surface area (Å²) in [7, 11) is 0. The molecule has 1 saturated heterocycles. The summed E-state index contributed by atoms with van der Waals surface area (Å²) in [5.74, 6) is -0.378. The number of primary amides is 1. The SMILES string of the molecule is CC1CN(c2cc(Br)ccc2C(N)=O)CC(C)N1. The Morgan fingerprint density at radius 1 is 1.39 bits per heavy atom. The molecule has 0 bridgehead atoms. The largest absolute Gasteiger partial charge is 0.368 e. The van der Waals surface area contributed by atoms with Crippen LogP contribution >= 0.6 is 15.9 Å². The van der Waals surface area contributed by atoms with Gasteiger partial charge in [0, 0.05) is 29.6 Å². The van der Waals surface area contributed by atoms with E-state index in [-0.39, 0.29) is 5.91 Å². The quantitative estimate of drug-likeness (QED) is 0.874. The molecule has 5 heteroatoms. The molecule has 0 aromatic heterocycles. The molecule has 3 N–H and O–H groups in total. The maximum absolute atomic E-state index is 11.5. The molecule has 18 heavy (non-hydrogen) atoms. The molecule has 0 radical (unpaired) electrons. The second-order valence-electron chi connectivity index (χ2n) is 4.90. The summed E-state index contributed by atoms with van der Waals surface area (Å²) in [4.78, 5) is 13.7. The minimum absolute atomic E-state index is 0.378. The third-order valence-electron chi connectivity index (χ3n) is 3.12. The normalized spacial score (nSPS) is 24.1. The van der Waals surface area contributed by atoms with Crippen LogP contribution in [-0.4, -0.2) is 31.1 Å². The van der Waals surface area contributed by atoms with Gasteiger partial charge < -0.3 is 16.0 Å². The van der Waals surface area contributed by atoms with Crippen molar-refractivity contribution in [1.29, 1.82) is 0 Å². The molecule has 2 rings (SSSR count). The molecule has 1 aliphatic rings. The van der Waals surface area contributed by atoms with Crippen LogP contribution in [0.3, 0.4) is 0 Å². The number of halogens is 1. The van der Waals surface area contributed by atoms with Gasteiger partial charge in [-0.15, -0.1) is 0 Å². The molecule has 1 fully saturated rings. The number of carbonyl (C=O) groups is 1. The molecule has 1 heterocycles. The molecule has 98 valence electrons. The van der Waals surface area contributed by atoms with Gasteiger partial charge in [0.25, 0.3) is 5.91 Å². The number of piperazine rings is 1. The Morgan fingerprint density at radius 3 is 2.56 bits per heavy atom. The Morgan fingerprint density at radius 2 is 2.00 bits per heavy atom. The predicted molar refractivity (Wildman–Crippen MR) is 76.9 cm³/mol. The topological polar surface area (TPSA) is 58.4 Å². The zero-order valence-electron chi connectivity index (χ0n) is 10.6. The molecule has 2 atom stereocenters. The van der Waals surface area contributed by atoms with Crippen molar-refractivity contribution in [3.05, 3.63) is 28.2 Å². The fourth-order valence-electron chi connectivity index (χ4n) is 2.50. The van der Waals surface area contributed by atoms with Gasteiger partial charge in [-0.05, 0) is 32.0 Å². The molecule has 1 aliphatic heterocycles. The smallest absolute Gasteiger partial charge is 0.250 e. The number of hydrogen-bond acceptors (Lipinski definition) is 3. The highest BCUT2D eigenvalue weighted by atomic mass is 79.9. The highest BCUT2D eigenvalue weighted by Gasteiger charge is 2.24. The highest BCUT2D eigenvalue weighted by Crippen LogP contribution is 2.26. The fraction of sp³-hybridized carbons (Fsp3) is 0.462. The fourth-order valence-corrected chi connectivity index (χ4v) is 2.85. The molecule has 1 amide bonds. The standard InChI is InChI=1S/C13H18BrN3O/c1-8-6-17(7-9(2)16-8)12-5-10(14)3-4-11(12)13(15)18/h3-5,8-9,16H,6-7H2,1-2H3,(H2,15,18). The van der Waals surface area contributed by atoms with Crippen LogP contribution in [0.2, 0.25) is 0 Å². The van der Waals surface area contributed by atoms with Crippen LogP contribution in [0.25, 0.3) is 0 Å². The van der Waals surface area contributed by atoms with Crippen LogP contribution in [0.5, 0.6) is 0 Å². The van der Waals surface area contributed by atoms with E-state index in [2.05, 4.69) is 40.0 Å². The van der Waals surface area contributed by atoms with Gasteiger partial charge in [-0.2, -0.15) is 0 Å². The Kier molecular flexibility index (Phi) is 3.92. The molecule has 0 saturated carbocycles. The molecule has 0 aliphatic carbocycles.